The van der Waals surface area contributed by atoms with Gasteiger partial charge in [0.05, 0.1) is 5.39 Å². The number of fused-ring (bicyclic) bond motifs is 1. The van der Waals surface area contributed by atoms with Crippen molar-refractivity contribution in [2.24, 2.45) is 0 Å². The fraction of sp³-hybridized carbons (Fsp3) is 0.154. The SMILES string of the molecule is Cc1ccc(Oc2coc3cc(OCC(=O)Nc4cccc(C)c4C)ccc3c2=O)cc1. The summed E-state index contributed by atoms with van der Waals surface area (Å²) in [5.41, 5.74) is 4.02. The maximum absolute atomic E-state index is 12.7. The molecule has 1 aromatic heterocycles. The second-order valence-electron chi connectivity index (χ2n) is 7.59. The number of nitrogens with one attached hydrogen (secondary N) is 1. The summed E-state index contributed by atoms with van der Waals surface area (Å²) >= 11 is 0. The molecule has 1 amide bonds. The fourth-order valence-electron chi connectivity index (χ4n) is 3.21. The van der Waals surface area contributed by atoms with Crippen molar-refractivity contribution in [1.82, 2.24) is 0 Å². The molecule has 32 heavy (non-hydrogen) atoms. The molecule has 0 saturated carbocycles. The highest BCUT2D eigenvalue weighted by atomic mass is 16.5. The highest BCUT2D eigenvalue weighted by Gasteiger charge is 2.12. The number of hydrogen-bond donors (Lipinski definition) is 1. The van der Waals surface area contributed by atoms with Crippen LogP contribution < -0.4 is 20.2 Å². The minimum absolute atomic E-state index is 0.0999. The van der Waals surface area contributed by atoms with Gasteiger partial charge in [0.25, 0.3) is 5.91 Å². The van der Waals surface area contributed by atoms with Crippen molar-refractivity contribution in [2.45, 2.75) is 20.8 Å². The van der Waals surface area contributed by atoms with Gasteiger partial charge in [-0.05, 0) is 62.2 Å². The smallest absolute Gasteiger partial charge is 0.262 e. The highest BCUT2D eigenvalue weighted by Crippen LogP contribution is 2.24. The monoisotopic (exact) mass is 429 g/mol. The molecule has 0 bridgehead atoms. The van der Waals surface area contributed by atoms with Crippen LogP contribution in [-0.2, 0) is 4.79 Å². The molecule has 0 aliphatic rings. The lowest BCUT2D eigenvalue weighted by molar-refractivity contribution is -0.118. The van der Waals surface area contributed by atoms with E-state index in [0.29, 0.717) is 22.5 Å². The maximum atomic E-state index is 12.7. The molecule has 4 rings (SSSR count). The summed E-state index contributed by atoms with van der Waals surface area (Å²) in [4.78, 5) is 25.0. The summed E-state index contributed by atoms with van der Waals surface area (Å²) in [5.74, 6) is 0.797. The molecule has 1 heterocycles. The number of carbonyl (C=O) groups excluding carboxylic acids is 1. The third-order valence-corrected chi connectivity index (χ3v) is 5.21. The number of anilines is 1. The molecule has 0 spiro atoms. The topological polar surface area (TPSA) is 77.8 Å². The van der Waals surface area contributed by atoms with E-state index in [-0.39, 0.29) is 23.7 Å². The summed E-state index contributed by atoms with van der Waals surface area (Å²) in [6, 6.07) is 17.9. The Morgan fingerprint density at radius 3 is 2.50 bits per heavy atom. The Labute approximate surface area is 185 Å². The largest absolute Gasteiger partial charge is 0.484 e. The predicted molar refractivity (Wildman–Crippen MR) is 124 cm³/mol. The van der Waals surface area contributed by atoms with Gasteiger partial charge < -0.3 is 19.2 Å². The third-order valence-electron chi connectivity index (χ3n) is 5.21. The Morgan fingerprint density at radius 2 is 1.72 bits per heavy atom. The minimum atomic E-state index is -0.286. The van der Waals surface area contributed by atoms with Crippen LogP contribution in [0.15, 0.2) is 76.1 Å². The van der Waals surface area contributed by atoms with Crippen LogP contribution in [0.25, 0.3) is 11.0 Å². The summed E-state index contributed by atoms with van der Waals surface area (Å²) in [6.07, 6.45) is 1.28. The van der Waals surface area contributed by atoms with Gasteiger partial charge in [0.2, 0.25) is 11.2 Å². The second kappa shape index (κ2) is 8.98. The van der Waals surface area contributed by atoms with Crippen LogP contribution in [0.1, 0.15) is 16.7 Å². The molecule has 0 aliphatic carbocycles. The summed E-state index contributed by atoms with van der Waals surface area (Å²) in [5, 5.41) is 3.21. The van der Waals surface area contributed by atoms with Gasteiger partial charge in [-0.2, -0.15) is 0 Å². The predicted octanol–water partition coefficient (Wildman–Crippen LogP) is 5.53. The van der Waals surface area contributed by atoms with E-state index in [4.69, 9.17) is 13.9 Å². The molecular weight excluding hydrogens is 406 g/mol. The van der Waals surface area contributed by atoms with Crippen molar-refractivity contribution in [2.75, 3.05) is 11.9 Å². The number of carbonyl (C=O) groups is 1. The van der Waals surface area contributed by atoms with Crippen LogP contribution in [0.3, 0.4) is 0 Å². The molecule has 162 valence electrons. The average molecular weight is 429 g/mol. The molecule has 0 atom stereocenters. The first-order valence-electron chi connectivity index (χ1n) is 10.2. The number of amides is 1. The summed E-state index contributed by atoms with van der Waals surface area (Å²) in [6.45, 7) is 5.74. The van der Waals surface area contributed by atoms with Crippen LogP contribution in [0.5, 0.6) is 17.2 Å². The standard InChI is InChI=1S/C26H23NO5/c1-16-7-9-19(10-8-16)32-24-14-31-23-13-20(11-12-21(23)26(24)29)30-15-25(28)27-22-6-4-5-17(2)18(22)3/h4-14H,15H2,1-3H3,(H,27,28). The summed E-state index contributed by atoms with van der Waals surface area (Å²) < 4.78 is 16.8. The molecule has 4 aromatic rings. The van der Waals surface area contributed by atoms with Gasteiger partial charge in [0.1, 0.15) is 23.3 Å². The first-order valence-corrected chi connectivity index (χ1v) is 10.2. The van der Waals surface area contributed by atoms with Crippen LogP contribution in [0.4, 0.5) is 5.69 Å². The van der Waals surface area contributed by atoms with E-state index in [1.807, 2.05) is 51.1 Å². The van der Waals surface area contributed by atoms with Gasteiger partial charge in [-0.3, -0.25) is 9.59 Å². The number of aryl methyl sites for hydroxylation is 2. The van der Waals surface area contributed by atoms with E-state index in [1.165, 1.54) is 6.26 Å². The Bertz CT molecular complexity index is 1340. The molecule has 0 fully saturated rings. The minimum Gasteiger partial charge on any atom is -0.484 e. The van der Waals surface area contributed by atoms with Crippen molar-refractivity contribution in [3.05, 3.63) is 93.8 Å². The molecule has 1 N–H and O–H groups in total. The van der Waals surface area contributed by atoms with Crippen molar-refractivity contribution in [1.29, 1.82) is 0 Å². The van der Waals surface area contributed by atoms with Gasteiger partial charge in [0.15, 0.2) is 6.61 Å². The van der Waals surface area contributed by atoms with Crippen molar-refractivity contribution >= 4 is 22.6 Å². The zero-order valence-corrected chi connectivity index (χ0v) is 18.1. The van der Waals surface area contributed by atoms with Crippen molar-refractivity contribution in [3.8, 4) is 17.2 Å². The normalized spacial score (nSPS) is 10.7. The molecule has 0 saturated heterocycles. The van der Waals surface area contributed by atoms with Gasteiger partial charge in [-0.1, -0.05) is 29.8 Å². The number of rotatable bonds is 6. The molecule has 6 heteroatoms. The first-order chi connectivity index (χ1) is 15.4. The average Bonchev–Trinajstić information content (AvgIpc) is 2.79. The quantitative estimate of drug-likeness (QED) is 0.436. The van der Waals surface area contributed by atoms with Crippen molar-refractivity contribution in [3.63, 3.8) is 0 Å². The molecule has 0 unspecified atom stereocenters. The lowest BCUT2D eigenvalue weighted by Crippen LogP contribution is -2.20. The van der Waals surface area contributed by atoms with Gasteiger partial charge >= 0.3 is 0 Å². The van der Waals surface area contributed by atoms with Crippen LogP contribution in [-0.4, -0.2) is 12.5 Å². The van der Waals surface area contributed by atoms with Crippen LogP contribution in [0, 0.1) is 20.8 Å². The Balaban J connectivity index is 1.45. The second-order valence-corrected chi connectivity index (χ2v) is 7.59. The van der Waals surface area contributed by atoms with E-state index in [9.17, 15) is 9.59 Å². The molecular formula is C26H23NO5. The Hall–Kier alpha value is -4.06. The lowest BCUT2D eigenvalue weighted by Gasteiger charge is -2.11. The maximum Gasteiger partial charge on any atom is 0.262 e. The van der Waals surface area contributed by atoms with E-state index < -0.39 is 0 Å². The molecule has 6 nitrogen and oxygen atoms in total. The van der Waals surface area contributed by atoms with Crippen LogP contribution >= 0.6 is 0 Å². The molecule has 3 aromatic carbocycles. The number of benzene rings is 3. The summed E-state index contributed by atoms with van der Waals surface area (Å²) in [7, 11) is 0. The van der Waals surface area contributed by atoms with E-state index in [2.05, 4.69) is 5.32 Å². The zero-order valence-electron chi connectivity index (χ0n) is 18.1. The zero-order chi connectivity index (χ0) is 22.7. The van der Waals surface area contributed by atoms with E-state index in [1.54, 1.807) is 30.3 Å². The third kappa shape index (κ3) is 4.64. The van der Waals surface area contributed by atoms with Gasteiger partial charge in [-0.15, -0.1) is 0 Å². The Kier molecular flexibility index (Phi) is 5.94. The van der Waals surface area contributed by atoms with Gasteiger partial charge in [0, 0.05) is 11.8 Å². The Morgan fingerprint density at radius 1 is 0.969 bits per heavy atom. The van der Waals surface area contributed by atoms with Crippen LogP contribution in [0.2, 0.25) is 0 Å². The number of ether oxygens (including phenoxy) is 2. The first kappa shape index (κ1) is 21.2. The molecule has 0 radical (unpaired) electrons. The highest BCUT2D eigenvalue weighted by molar-refractivity contribution is 5.92. The van der Waals surface area contributed by atoms with Gasteiger partial charge in [-0.25, -0.2) is 0 Å². The lowest BCUT2D eigenvalue weighted by atomic mass is 10.1. The van der Waals surface area contributed by atoms with E-state index >= 15 is 0 Å². The molecule has 0 aliphatic heterocycles. The van der Waals surface area contributed by atoms with E-state index in [0.717, 1.165) is 22.4 Å². The van der Waals surface area contributed by atoms with Crippen molar-refractivity contribution < 1.29 is 18.7 Å². The number of hydrogen-bond acceptors (Lipinski definition) is 5. The fourth-order valence-corrected chi connectivity index (χ4v) is 3.21.